The SMILES string of the molecule is CNC(=O)c1ccc(NC(C)c2c(F)cccc2Cl)c([N+](=O)[O-])c1. The van der Waals surface area contributed by atoms with Gasteiger partial charge < -0.3 is 10.6 Å². The Morgan fingerprint density at radius 1 is 1.33 bits per heavy atom. The van der Waals surface area contributed by atoms with Gasteiger partial charge in [-0.1, -0.05) is 17.7 Å². The smallest absolute Gasteiger partial charge is 0.293 e. The van der Waals surface area contributed by atoms with E-state index < -0.39 is 22.7 Å². The van der Waals surface area contributed by atoms with Crippen molar-refractivity contribution in [2.24, 2.45) is 0 Å². The molecule has 0 aliphatic rings. The van der Waals surface area contributed by atoms with Crippen LogP contribution in [0.1, 0.15) is 28.9 Å². The summed E-state index contributed by atoms with van der Waals surface area (Å²) in [7, 11) is 1.43. The Bertz CT molecular complexity index is 778. The predicted octanol–water partition coefficient (Wildman–Crippen LogP) is 3.92. The summed E-state index contributed by atoms with van der Waals surface area (Å²) in [6.07, 6.45) is 0. The normalized spacial score (nSPS) is 11.7. The third-order valence-corrected chi connectivity index (χ3v) is 3.82. The van der Waals surface area contributed by atoms with Crippen molar-refractivity contribution in [2.75, 3.05) is 12.4 Å². The second-order valence-corrected chi connectivity index (χ2v) is 5.48. The van der Waals surface area contributed by atoms with Gasteiger partial charge in [0.25, 0.3) is 11.6 Å². The minimum atomic E-state index is -0.608. The molecule has 1 unspecified atom stereocenters. The standard InChI is InChI=1S/C16H15ClFN3O3/c1-9(15-11(17)4-3-5-12(15)18)20-13-7-6-10(16(22)19-2)8-14(13)21(23)24/h3-9,20H,1-2H3,(H,19,22). The number of benzene rings is 2. The number of hydrogen-bond acceptors (Lipinski definition) is 4. The Morgan fingerprint density at radius 2 is 2.04 bits per heavy atom. The lowest BCUT2D eigenvalue weighted by Crippen LogP contribution is -2.18. The van der Waals surface area contributed by atoms with Gasteiger partial charge in [0.15, 0.2) is 0 Å². The van der Waals surface area contributed by atoms with E-state index in [1.807, 2.05) is 0 Å². The number of nitro groups is 1. The highest BCUT2D eigenvalue weighted by Crippen LogP contribution is 2.32. The van der Waals surface area contributed by atoms with Gasteiger partial charge in [0.2, 0.25) is 0 Å². The number of anilines is 1. The van der Waals surface area contributed by atoms with Crippen LogP contribution in [0.3, 0.4) is 0 Å². The maximum absolute atomic E-state index is 14.0. The highest BCUT2D eigenvalue weighted by molar-refractivity contribution is 6.31. The molecule has 126 valence electrons. The van der Waals surface area contributed by atoms with E-state index in [0.717, 1.165) is 6.07 Å². The first kappa shape index (κ1) is 17.7. The largest absolute Gasteiger partial charge is 0.373 e. The van der Waals surface area contributed by atoms with Gasteiger partial charge in [-0.2, -0.15) is 0 Å². The van der Waals surface area contributed by atoms with Crippen LogP contribution >= 0.6 is 11.6 Å². The van der Waals surface area contributed by atoms with Crippen LogP contribution in [-0.4, -0.2) is 17.9 Å². The zero-order chi connectivity index (χ0) is 17.9. The Balaban J connectivity index is 2.38. The first-order chi connectivity index (χ1) is 11.3. The lowest BCUT2D eigenvalue weighted by atomic mass is 10.1. The van der Waals surface area contributed by atoms with Crippen LogP contribution in [0.2, 0.25) is 5.02 Å². The van der Waals surface area contributed by atoms with E-state index >= 15 is 0 Å². The van der Waals surface area contributed by atoms with Crippen molar-refractivity contribution in [1.82, 2.24) is 5.32 Å². The van der Waals surface area contributed by atoms with Crippen LogP contribution in [0.15, 0.2) is 36.4 Å². The molecule has 0 aliphatic heterocycles. The van der Waals surface area contributed by atoms with E-state index in [2.05, 4.69) is 10.6 Å². The quantitative estimate of drug-likeness (QED) is 0.631. The van der Waals surface area contributed by atoms with Crippen molar-refractivity contribution in [3.8, 4) is 0 Å². The Morgan fingerprint density at radius 3 is 2.62 bits per heavy atom. The summed E-state index contributed by atoms with van der Waals surface area (Å²) >= 11 is 6.01. The van der Waals surface area contributed by atoms with Gasteiger partial charge in [0.1, 0.15) is 11.5 Å². The van der Waals surface area contributed by atoms with Gasteiger partial charge in [-0.15, -0.1) is 0 Å². The van der Waals surface area contributed by atoms with E-state index in [-0.39, 0.29) is 27.5 Å². The Kier molecular flexibility index (Phi) is 5.35. The van der Waals surface area contributed by atoms with E-state index in [0.29, 0.717) is 0 Å². The molecule has 8 heteroatoms. The minimum absolute atomic E-state index is 0.159. The molecule has 2 N–H and O–H groups in total. The van der Waals surface area contributed by atoms with Crippen LogP contribution in [0.4, 0.5) is 15.8 Å². The highest BCUT2D eigenvalue weighted by Gasteiger charge is 2.21. The first-order valence-corrected chi connectivity index (χ1v) is 7.44. The lowest BCUT2D eigenvalue weighted by molar-refractivity contribution is -0.384. The summed E-state index contributed by atoms with van der Waals surface area (Å²) in [5.74, 6) is -0.943. The topological polar surface area (TPSA) is 84.3 Å². The average Bonchev–Trinajstić information content (AvgIpc) is 2.54. The summed E-state index contributed by atoms with van der Waals surface area (Å²) in [5, 5.41) is 16.8. The van der Waals surface area contributed by atoms with Crippen molar-refractivity contribution in [3.05, 3.63) is 68.5 Å². The van der Waals surface area contributed by atoms with Crippen molar-refractivity contribution in [3.63, 3.8) is 0 Å². The van der Waals surface area contributed by atoms with Crippen LogP contribution in [-0.2, 0) is 0 Å². The number of carbonyl (C=O) groups excluding carboxylic acids is 1. The zero-order valence-electron chi connectivity index (χ0n) is 13.0. The van der Waals surface area contributed by atoms with Crippen LogP contribution in [0.25, 0.3) is 0 Å². The van der Waals surface area contributed by atoms with E-state index in [9.17, 15) is 19.3 Å². The zero-order valence-corrected chi connectivity index (χ0v) is 13.7. The molecule has 6 nitrogen and oxygen atoms in total. The third kappa shape index (κ3) is 3.62. The molecule has 2 aromatic carbocycles. The molecule has 1 atom stereocenters. The molecule has 0 fully saturated rings. The number of hydrogen-bond donors (Lipinski definition) is 2. The molecule has 0 bridgehead atoms. The Labute approximate surface area is 142 Å². The van der Waals surface area contributed by atoms with Gasteiger partial charge in [-0.3, -0.25) is 14.9 Å². The molecule has 0 saturated carbocycles. The maximum Gasteiger partial charge on any atom is 0.293 e. The van der Waals surface area contributed by atoms with Gasteiger partial charge in [-0.25, -0.2) is 4.39 Å². The van der Waals surface area contributed by atoms with E-state index in [1.54, 1.807) is 13.0 Å². The summed E-state index contributed by atoms with van der Waals surface area (Å²) in [4.78, 5) is 22.3. The van der Waals surface area contributed by atoms with Gasteiger partial charge in [-0.05, 0) is 31.2 Å². The fraction of sp³-hybridized carbons (Fsp3) is 0.188. The van der Waals surface area contributed by atoms with E-state index in [4.69, 9.17) is 11.6 Å². The maximum atomic E-state index is 14.0. The summed E-state index contributed by atoms with van der Waals surface area (Å²) < 4.78 is 14.0. The highest BCUT2D eigenvalue weighted by atomic mass is 35.5. The number of amides is 1. The number of rotatable bonds is 5. The fourth-order valence-corrected chi connectivity index (χ4v) is 2.65. The monoisotopic (exact) mass is 351 g/mol. The molecule has 2 aromatic rings. The van der Waals surface area contributed by atoms with Crippen molar-refractivity contribution in [1.29, 1.82) is 0 Å². The van der Waals surface area contributed by atoms with Crippen molar-refractivity contribution >= 4 is 28.9 Å². The molecule has 0 aliphatic carbocycles. The number of nitro benzene ring substituents is 1. The van der Waals surface area contributed by atoms with Crippen LogP contribution < -0.4 is 10.6 Å². The molecule has 24 heavy (non-hydrogen) atoms. The molecule has 0 heterocycles. The van der Waals surface area contributed by atoms with Gasteiger partial charge >= 0.3 is 0 Å². The van der Waals surface area contributed by atoms with E-state index in [1.165, 1.54) is 31.3 Å². The summed E-state index contributed by atoms with van der Waals surface area (Å²) in [6.45, 7) is 1.64. The summed E-state index contributed by atoms with van der Waals surface area (Å²) in [5.41, 5.74) is 0.255. The minimum Gasteiger partial charge on any atom is -0.373 e. The van der Waals surface area contributed by atoms with Gasteiger partial charge in [0.05, 0.1) is 11.0 Å². The predicted molar refractivity (Wildman–Crippen MR) is 89.9 cm³/mol. The molecule has 0 spiro atoms. The molecular weight excluding hydrogens is 337 g/mol. The number of nitrogens with one attached hydrogen (secondary N) is 2. The first-order valence-electron chi connectivity index (χ1n) is 7.06. The lowest BCUT2D eigenvalue weighted by Gasteiger charge is -2.18. The van der Waals surface area contributed by atoms with Crippen molar-refractivity contribution in [2.45, 2.75) is 13.0 Å². The molecular formula is C16H15ClFN3O3. The number of halogens is 2. The number of carbonyl (C=O) groups is 1. The Hall–Kier alpha value is -2.67. The van der Waals surface area contributed by atoms with Crippen LogP contribution in [0, 0.1) is 15.9 Å². The number of nitrogens with zero attached hydrogens (tertiary/aromatic N) is 1. The fourth-order valence-electron chi connectivity index (χ4n) is 2.32. The summed E-state index contributed by atoms with van der Waals surface area (Å²) in [6, 6.07) is 7.70. The molecule has 1 amide bonds. The molecule has 0 radical (unpaired) electrons. The third-order valence-electron chi connectivity index (χ3n) is 3.49. The average molecular weight is 352 g/mol. The molecule has 0 saturated heterocycles. The van der Waals surface area contributed by atoms with Gasteiger partial charge in [0, 0.05) is 29.3 Å². The second-order valence-electron chi connectivity index (χ2n) is 5.07. The molecule has 0 aromatic heterocycles. The van der Waals surface area contributed by atoms with Crippen LogP contribution in [0.5, 0.6) is 0 Å². The molecule has 2 rings (SSSR count). The second kappa shape index (κ2) is 7.27. The van der Waals surface area contributed by atoms with Crippen molar-refractivity contribution < 1.29 is 14.1 Å².